The number of hydrogen-bond donors (Lipinski definition) is 3. The molecule has 0 spiro atoms. The Balaban J connectivity index is 1.85. The molecule has 1 aliphatic rings. The molecular formula is C23H21N3O3. The predicted molar refractivity (Wildman–Crippen MR) is 113 cm³/mol. The van der Waals surface area contributed by atoms with Crippen molar-refractivity contribution in [3.8, 4) is 5.75 Å². The molecule has 1 aliphatic carbocycles. The van der Waals surface area contributed by atoms with Crippen molar-refractivity contribution in [3.63, 3.8) is 0 Å². The number of fused-ring (bicyclic) bond motifs is 2. The summed E-state index contributed by atoms with van der Waals surface area (Å²) < 4.78 is 5.38. The van der Waals surface area contributed by atoms with Gasteiger partial charge in [0.2, 0.25) is 0 Å². The van der Waals surface area contributed by atoms with Crippen molar-refractivity contribution in [1.82, 2.24) is 5.32 Å². The number of hydrogen-bond acceptors (Lipinski definition) is 6. The first-order chi connectivity index (χ1) is 14.0. The minimum absolute atomic E-state index is 0.172. The highest BCUT2D eigenvalue weighted by atomic mass is 16.5. The van der Waals surface area contributed by atoms with Crippen LogP contribution in [0, 0.1) is 0 Å². The zero-order chi connectivity index (χ0) is 20.5. The molecule has 0 fully saturated rings. The lowest BCUT2D eigenvalue weighted by Gasteiger charge is -2.23. The Morgan fingerprint density at radius 1 is 0.931 bits per heavy atom. The maximum atomic E-state index is 13.3. The van der Waals surface area contributed by atoms with Crippen LogP contribution in [0.25, 0.3) is 0 Å². The molecule has 0 saturated heterocycles. The minimum Gasteiger partial charge on any atom is -0.494 e. The first-order valence-corrected chi connectivity index (χ1v) is 9.24. The molecular weight excluding hydrogens is 366 g/mol. The van der Waals surface area contributed by atoms with Crippen LogP contribution >= 0.6 is 0 Å². The Bertz CT molecular complexity index is 1120. The van der Waals surface area contributed by atoms with E-state index in [1.54, 1.807) is 30.3 Å². The van der Waals surface area contributed by atoms with Gasteiger partial charge in [-0.25, -0.2) is 0 Å². The van der Waals surface area contributed by atoms with Gasteiger partial charge in [0.15, 0.2) is 11.6 Å². The summed E-state index contributed by atoms with van der Waals surface area (Å²) in [5.41, 5.74) is 9.97. The first-order valence-electron chi connectivity index (χ1n) is 9.24. The van der Waals surface area contributed by atoms with Crippen molar-refractivity contribution in [2.24, 2.45) is 0 Å². The third kappa shape index (κ3) is 3.13. The van der Waals surface area contributed by atoms with Crippen LogP contribution in [0.1, 0.15) is 37.4 Å². The van der Waals surface area contributed by atoms with E-state index in [1.165, 1.54) is 7.11 Å². The Hall–Kier alpha value is -3.64. The van der Waals surface area contributed by atoms with E-state index < -0.39 is 0 Å². The van der Waals surface area contributed by atoms with Gasteiger partial charge in [0, 0.05) is 29.4 Å². The molecule has 3 aromatic carbocycles. The second-order valence-corrected chi connectivity index (χ2v) is 6.85. The van der Waals surface area contributed by atoms with E-state index in [1.807, 2.05) is 31.3 Å². The highest BCUT2D eigenvalue weighted by Gasteiger charge is 2.34. The minimum atomic E-state index is -0.279. The second kappa shape index (κ2) is 7.41. The van der Waals surface area contributed by atoms with E-state index in [0.717, 1.165) is 17.8 Å². The summed E-state index contributed by atoms with van der Waals surface area (Å²) in [6.45, 7) is 0.759. The van der Waals surface area contributed by atoms with Gasteiger partial charge in [0.1, 0.15) is 5.75 Å². The van der Waals surface area contributed by atoms with Crippen LogP contribution in [0.4, 0.5) is 17.1 Å². The number of methoxy groups -OCH3 is 1. The average Bonchev–Trinajstić information content (AvgIpc) is 2.74. The first kappa shape index (κ1) is 18.7. The van der Waals surface area contributed by atoms with Crippen LogP contribution in [0.3, 0.4) is 0 Å². The van der Waals surface area contributed by atoms with Crippen molar-refractivity contribution < 1.29 is 14.3 Å². The summed E-state index contributed by atoms with van der Waals surface area (Å²) in [6, 6.07) is 16.3. The van der Waals surface area contributed by atoms with E-state index in [0.29, 0.717) is 22.6 Å². The fourth-order valence-corrected chi connectivity index (χ4v) is 3.63. The largest absolute Gasteiger partial charge is 0.494 e. The molecule has 0 bridgehead atoms. The molecule has 0 aromatic heterocycles. The van der Waals surface area contributed by atoms with Gasteiger partial charge in [-0.15, -0.1) is 0 Å². The van der Waals surface area contributed by atoms with Crippen LogP contribution in [-0.4, -0.2) is 25.7 Å². The van der Waals surface area contributed by atoms with Gasteiger partial charge >= 0.3 is 0 Å². The number of nitrogen functional groups attached to an aromatic ring is 1. The summed E-state index contributed by atoms with van der Waals surface area (Å²) in [4.78, 5) is 26.4. The van der Waals surface area contributed by atoms with Gasteiger partial charge in [-0.3, -0.25) is 9.59 Å². The molecule has 0 saturated carbocycles. The van der Waals surface area contributed by atoms with Gasteiger partial charge < -0.3 is 21.1 Å². The van der Waals surface area contributed by atoms with Crippen LogP contribution in [0.5, 0.6) is 5.75 Å². The summed E-state index contributed by atoms with van der Waals surface area (Å²) >= 11 is 0. The van der Waals surface area contributed by atoms with Gasteiger partial charge in [0.05, 0.1) is 29.6 Å². The summed E-state index contributed by atoms with van der Waals surface area (Å²) in [5.74, 6) is -0.170. The van der Waals surface area contributed by atoms with Crippen molar-refractivity contribution in [3.05, 3.63) is 82.4 Å². The number of ketones is 2. The Labute approximate surface area is 168 Å². The molecule has 0 heterocycles. The lowest BCUT2D eigenvalue weighted by Crippen LogP contribution is -2.24. The highest BCUT2D eigenvalue weighted by Crippen LogP contribution is 2.41. The van der Waals surface area contributed by atoms with Crippen LogP contribution in [0.15, 0.2) is 54.6 Å². The molecule has 146 valence electrons. The molecule has 0 amide bonds. The summed E-state index contributed by atoms with van der Waals surface area (Å²) in [6.07, 6.45) is 0. The Kier molecular flexibility index (Phi) is 4.78. The van der Waals surface area contributed by atoms with Gasteiger partial charge in [-0.05, 0) is 24.7 Å². The molecule has 0 aliphatic heterocycles. The third-order valence-corrected chi connectivity index (χ3v) is 5.03. The predicted octanol–water partition coefficient (Wildman–Crippen LogP) is 3.52. The van der Waals surface area contributed by atoms with Gasteiger partial charge in [-0.1, -0.05) is 36.4 Å². The topological polar surface area (TPSA) is 93.4 Å². The number of nitrogens with two attached hydrogens (primary N) is 1. The number of carbonyl (C=O) groups excluding carboxylic acids is 2. The highest BCUT2D eigenvalue weighted by molar-refractivity contribution is 6.32. The van der Waals surface area contributed by atoms with Gasteiger partial charge in [0.25, 0.3) is 0 Å². The smallest absolute Gasteiger partial charge is 0.196 e. The number of rotatable bonds is 5. The fraction of sp³-hybridized carbons (Fsp3) is 0.130. The van der Waals surface area contributed by atoms with Crippen LogP contribution < -0.4 is 21.1 Å². The van der Waals surface area contributed by atoms with E-state index in [4.69, 9.17) is 10.5 Å². The zero-order valence-corrected chi connectivity index (χ0v) is 16.2. The van der Waals surface area contributed by atoms with E-state index in [-0.39, 0.29) is 28.4 Å². The van der Waals surface area contributed by atoms with Crippen molar-refractivity contribution >= 4 is 28.6 Å². The van der Waals surface area contributed by atoms with Gasteiger partial charge in [-0.2, -0.15) is 0 Å². The van der Waals surface area contributed by atoms with E-state index in [9.17, 15) is 9.59 Å². The lowest BCUT2D eigenvalue weighted by molar-refractivity contribution is 0.0980. The normalized spacial score (nSPS) is 12.3. The maximum Gasteiger partial charge on any atom is 0.196 e. The molecule has 3 aromatic rings. The molecule has 4 N–H and O–H groups in total. The third-order valence-electron chi connectivity index (χ3n) is 5.03. The quantitative estimate of drug-likeness (QED) is 0.454. The number of nitrogens with one attached hydrogen (secondary N) is 2. The molecule has 6 heteroatoms. The zero-order valence-electron chi connectivity index (χ0n) is 16.2. The molecule has 0 atom stereocenters. The molecule has 29 heavy (non-hydrogen) atoms. The summed E-state index contributed by atoms with van der Waals surface area (Å²) in [5, 5.41) is 6.36. The molecule has 0 radical (unpaired) electrons. The fourth-order valence-electron chi connectivity index (χ4n) is 3.63. The number of carbonyl (C=O) groups is 2. The van der Waals surface area contributed by atoms with Crippen LogP contribution in [0.2, 0.25) is 0 Å². The number of anilines is 3. The summed E-state index contributed by atoms with van der Waals surface area (Å²) in [7, 11) is 3.37. The SMILES string of the molecule is CNCc1ccc(Nc2cc(OC)c(N)c3c2C(=O)c2ccccc2C3=O)cc1. The Morgan fingerprint density at radius 2 is 1.55 bits per heavy atom. The standard InChI is InChI=1S/C23H21N3O3/c1-25-12-13-7-9-14(10-8-13)26-17-11-18(29-2)21(24)20-19(17)22(27)15-5-3-4-6-16(15)23(20)28/h3-11,25-26H,12,24H2,1-2H3. The van der Waals surface area contributed by atoms with Crippen molar-refractivity contribution in [1.29, 1.82) is 0 Å². The number of ether oxygens (including phenoxy) is 1. The maximum absolute atomic E-state index is 13.3. The monoisotopic (exact) mass is 387 g/mol. The Morgan fingerprint density at radius 3 is 2.14 bits per heavy atom. The van der Waals surface area contributed by atoms with Crippen molar-refractivity contribution in [2.45, 2.75) is 6.54 Å². The van der Waals surface area contributed by atoms with Crippen LogP contribution in [-0.2, 0) is 6.54 Å². The molecule has 4 rings (SSSR count). The lowest BCUT2D eigenvalue weighted by atomic mass is 9.82. The molecule has 6 nitrogen and oxygen atoms in total. The average molecular weight is 387 g/mol. The van der Waals surface area contributed by atoms with E-state index in [2.05, 4.69) is 10.6 Å². The molecule has 0 unspecified atom stereocenters. The van der Waals surface area contributed by atoms with Crippen molar-refractivity contribution in [2.75, 3.05) is 25.2 Å². The second-order valence-electron chi connectivity index (χ2n) is 6.85. The van der Waals surface area contributed by atoms with E-state index >= 15 is 0 Å². The number of benzene rings is 3.